The minimum atomic E-state index is -0.0732. The Balaban J connectivity index is 3.12. The van der Waals surface area contributed by atoms with Gasteiger partial charge in [-0.2, -0.15) is 5.10 Å². The molecule has 0 radical (unpaired) electrons. The fourth-order valence-electron chi connectivity index (χ4n) is 2.46. The number of carbonyl (C=O) groups is 2. The monoisotopic (exact) mass is 308 g/mol. The Morgan fingerprint density at radius 2 is 1.77 bits per heavy atom. The molecule has 0 aliphatic carbocycles. The molecule has 0 spiro atoms. The summed E-state index contributed by atoms with van der Waals surface area (Å²) in [5.74, 6) is -0.0131. The molecule has 2 amide bonds. The van der Waals surface area contributed by atoms with Crippen LogP contribution in [-0.4, -0.2) is 51.9 Å². The van der Waals surface area contributed by atoms with Gasteiger partial charge in [0.15, 0.2) is 5.69 Å². The Labute approximate surface area is 132 Å². The Kier molecular flexibility index (Phi) is 7.08. The lowest BCUT2D eigenvalue weighted by Gasteiger charge is -2.20. The SMILES string of the molecule is CCCc1[nH]nc(C(=O)N(CC)CC)c1CN(C)C(=O)CC. The van der Waals surface area contributed by atoms with Crippen LogP contribution >= 0.6 is 0 Å². The maximum atomic E-state index is 12.6. The van der Waals surface area contributed by atoms with Crippen LogP contribution in [0.5, 0.6) is 0 Å². The van der Waals surface area contributed by atoms with Crippen LogP contribution in [0.4, 0.5) is 0 Å². The summed E-state index contributed by atoms with van der Waals surface area (Å²) < 4.78 is 0. The number of hydrogen-bond donors (Lipinski definition) is 1. The third kappa shape index (κ3) is 4.08. The summed E-state index contributed by atoms with van der Waals surface area (Å²) in [7, 11) is 1.76. The van der Waals surface area contributed by atoms with E-state index in [-0.39, 0.29) is 11.8 Å². The largest absolute Gasteiger partial charge is 0.341 e. The van der Waals surface area contributed by atoms with Gasteiger partial charge in [0.2, 0.25) is 5.91 Å². The minimum absolute atomic E-state index is 0.0601. The van der Waals surface area contributed by atoms with Crippen LogP contribution in [0.3, 0.4) is 0 Å². The highest BCUT2D eigenvalue weighted by atomic mass is 16.2. The highest BCUT2D eigenvalue weighted by molar-refractivity contribution is 5.94. The van der Waals surface area contributed by atoms with Gasteiger partial charge < -0.3 is 9.80 Å². The molecule has 1 N–H and O–H groups in total. The average Bonchev–Trinajstić information content (AvgIpc) is 2.90. The highest BCUT2D eigenvalue weighted by Gasteiger charge is 2.24. The third-order valence-corrected chi connectivity index (χ3v) is 3.83. The highest BCUT2D eigenvalue weighted by Crippen LogP contribution is 2.18. The smallest absolute Gasteiger partial charge is 0.274 e. The first-order chi connectivity index (χ1) is 10.5. The van der Waals surface area contributed by atoms with Crippen LogP contribution in [0.1, 0.15) is 62.3 Å². The van der Waals surface area contributed by atoms with Crippen molar-refractivity contribution in [2.45, 2.75) is 53.5 Å². The summed E-state index contributed by atoms with van der Waals surface area (Å²) in [6, 6.07) is 0. The number of hydrogen-bond acceptors (Lipinski definition) is 3. The zero-order valence-corrected chi connectivity index (χ0v) is 14.4. The lowest BCUT2D eigenvalue weighted by atomic mass is 10.1. The van der Waals surface area contributed by atoms with Crippen LogP contribution in [-0.2, 0) is 17.8 Å². The summed E-state index contributed by atoms with van der Waals surface area (Å²) >= 11 is 0. The van der Waals surface area contributed by atoms with Gasteiger partial charge >= 0.3 is 0 Å². The van der Waals surface area contributed by atoms with E-state index < -0.39 is 0 Å². The molecule has 0 saturated carbocycles. The van der Waals surface area contributed by atoms with Gasteiger partial charge in [-0.1, -0.05) is 20.3 Å². The second-order valence-corrected chi connectivity index (χ2v) is 5.36. The minimum Gasteiger partial charge on any atom is -0.341 e. The molecule has 124 valence electrons. The van der Waals surface area contributed by atoms with E-state index in [2.05, 4.69) is 17.1 Å². The molecule has 0 fully saturated rings. The van der Waals surface area contributed by atoms with Crippen molar-refractivity contribution < 1.29 is 9.59 Å². The first-order valence-corrected chi connectivity index (χ1v) is 8.09. The van der Waals surface area contributed by atoms with E-state index in [4.69, 9.17) is 0 Å². The van der Waals surface area contributed by atoms with Crippen LogP contribution in [0, 0.1) is 0 Å². The standard InChI is InChI=1S/C16H28N4O2/c1-6-10-13-12(11-19(5)14(21)7-2)15(18-17-13)16(22)20(8-3)9-4/h6-11H2,1-5H3,(H,17,18). The van der Waals surface area contributed by atoms with E-state index in [1.807, 2.05) is 20.8 Å². The molecule has 6 nitrogen and oxygen atoms in total. The van der Waals surface area contributed by atoms with Crippen LogP contribution < -0.4 is 0 Å². The fraction of sp³-hybridized carbons (Fsp3) is 0.688. The summed E-state index contributed by atoms with van der Waals surface area (Å²) in [6.45, 7) is 9.53. The van der Waals surface area contributed by atoms with E-state index in [9.17, 15) is 9.59 Å². The Hall–Kier alpha value is -1.85. The lowest BCUT2D eigenvalue weighted by molar-refractivity contribution is -0.130. The van der Waals surface area contributed by atoms with E-state index in [1.165, 1.54) is 0 Å². The second-order valence-electron chi connectivity index (χ2n) is 5.36. The molecule has 0 aliphatic rings. The molecule has 1 heterocycles. The molecule has 0 aromatic carbocycles. The van der Waals surface area contributed by atoms with Crippen molar-refractivity contribution in [3.63, 3.8) is 0 Å². The van der Waals surface area contributed by atoms with Gasteiger partial charge in [0.05, 0.1) is 0 Å². The van der Waals surface area contributed by atoms with Crippen molar-refractivity contribution in [1.29, 1.82) is 0 Å². The van der Waals surface area contributed by atoms with Crippen molar-refractivity contribution >= 4 is 11.8 Å². The second kappa shape index (κ2) is 8.56. The van der Waals surface area contributed by atoms with Crippen molar-refractivity contribution in [1.82, 2.24) is 20.0 Å². The molecule has 1 aromatic rings. The zero-order chi connectivity index (χ0) is 16.7. The summed E-state index contributed by atoms with van der Waals surface area (Å²) in [5, 5.41) is 7.22. The van der Waals surface area contributed by atoms with Crippen LogP contribution in [0.15, 0.2) is 0 Å². The quantitative estimate of drug-likeness (QED) is 0.800. The number of H-pyrrole nitrogens is 1. The van der Waals surface area contributed by atoms with Gasteiger partial charge in [-0.05, 0) is 20.3 Å². The van der Waals surface area contributed by atoms with Crippen LogP contribution in [0.2, 0.25) is 0 Å². The van der Waals surface area contributed by atoms with E-state index in [1.54, 1.807) is 16.8 Å². The van der Waals surface area contributed by atoms with E-state index >= 15 is 0 Å². The van der Waals surface area contributed by atoms with Gasteiger partial charge in [-0.3, -0.25) is 14.7 Å². The topological polar surface area (TPSA) is 69.3 Å². The molecule has 22 heavy (non-hydrogen) atoms. The number of aromatic amines is 1. The summed E-state index contributed by atoms with van der Waals surface area (Å²) in [5.41, 5.74) is 2.25. The number of nitrogens with zero attached hydrogens (tertiary/aromatic N) is 3. The van der Waals surface area contributed by atoms with Crippen molar-refractivity contribution in [2.24, 2.45) is 0 Å². The Bertz CT molecular complexity index is 506. The summed E-state index contributed by atoms with van der Waals surface area (Å²) in [4.78, 5) is 27.8. The van der Waals surface area contributed by atoms with Crippen molar-refractivity contribution in [2.75, 3.05) is 20.1 Å². The van der Waals surface area contributed by atoms with Crippen molar-refractivity contribution in [3.05, 3.63) is 17.0 Å². The van der Waals surface area contributed by atoms with Gasteiger partial charge in [0, 0.05) is 44.4 Å². The molecule has 6 heteroatoms. The molecular weight excluding hydrogens is 280 g/mol. The molecule has 1 rings (SSSR count). The van der Waals surface area contributed by atoms with E-state index in [0.717, 1.165) is 24.1 Å². The maximum absolute atomic E-state index is 12.6. The van der Waals surface area contributed by atoms with Gasteiger partial charge in [-0.25, -0.2) is 0 Å². The van der Waals surface area contributed by atoms with Crippen LogP contribution in [0.25, 0.3) is 0 Å². The Morgan fingerprint density at radius 1 is 1.14 bits per heavy atom. The van der Waals surface area contributed by atoms with Gasteiger partial charge in [0.25, 0.3) is 5.91 Å². The molecule has 0 aliphatic heterocycles. The van der Waals surface area contributed by atoms with Gasteiger partial charge in [0.1, 0.15) is 0 Å². The molecule has 1 aromatic heterocycles. The molecule has 0 atom stereocenters. The number of amides is 2. The Morgan fingerprint density at radius 3 is 2.27 bits per heavy atom. The molecule has 0 unspecified atom stereocenters. The molecular formula is C16H28N4O2. The fourth-order valence-corrected chi connectivity index (χ4v) is 2.46. The average molecular weight is 308 g/mol. The molecule has 0 bridgehead atoms. The number of nitrogens with one attached hydrogen (secondary N) is 1. The van der Waals surface area contributed by atoms with Crippen molar-refractivity contribution in [3.8, 4) is 0 Å². The normalized spacial score (nSPS) is 10.6. The number of aromatic nitrogens is 2. The first kappa shape index (κ1) is 18.2. The predicted molar refractivity (Wildman–Crippen MR) is 86.6 cm³/mol. The zero-order valence-electron chi connectivity index (χ0n) is 14.4. The third-order valence-electron chi connectivity index (χ3n) is 3.83. The first-order valence-electron chi connectivity index (χ1n) is 8.09. The molecule has 0 saturated heterocycles. The lowest BCUT2D eigenvalue weighted by Crippen LogP contribution is -2.32. The van der Waals surface area contributed by atoms with E-state index in [0.29, 0.717) is 31.7 Å². The number of aryl methyl sites for hydroxylation is 1. The number of carbonyl (C=O) groups excluding carboxylic acids is 2. The summed E-state index contributed by atoms with van der Waals surface area (Å²) in [6.07, 6.45) is 2.23. The van der Waals surface area contributed by atoms with Gasteiger partial charge in [-0.15, -0.1) is 0 Å². The maximum Gasteiger partial charge on any atom is 0.274 e. The predicted octanol–water partition coefficient (Wildman–Crippen LogP) is 2.21. The number of rotatable bonds is 8.